The summed E-state index contributed by atoms with van der Waals surface area (Å²) in [6.45, 7) is 0.786. The Kier molecular flexibility index (Phi) is 2.57. The van der Waals surface area contributed by atoms with Gasteiger partial charge >= 0.3 is 0 Å². The van der Waals surface area contributed by atoms with E-state index in [-0.39, 0.29) is 0 Å². The highest BCUT2D eigenvalue weighted by molar-refractivity contribution is 5.71. The predicted octanol–water partition coefficient (Wildman–Crippen LogP) is 1.74. The van der Waals surface area contributed by atoms with Crippen LogP contribution in [-0.4, -0.2) is 12.8 Å². The van der Waals surface area contributed by atoms with Crippen molar-refractivity contribution in [1.29, 1.82) is 0 Å². The lowest BCUT2D eigenvalue weighted by Crippen LogP contribution is -1.69. The van der Waals surface area contributed by atoms with Gasteiger partial charge in [-0.15, -0.1) is 0 Å². The van der Waals surface area contributed by atoms with Crippen molar-refractivity contribution >= 4 is 6.21 Å². The first-order valence-electron chi connectivity index (χ1n) is 2.98. The second-order valence-electron chi connectivity index (χ2n) is 1.71. The lowest BCUT2D eigenvalue weighted by atomic mass is 10.4. The SMILES string of the molecule is C1=CCN=C/C=C\C=C/1. The zero-order valence-corrected chi connectivity index (χ0v) is 5.20. The van der Waals surface area contributed by atoms with Crippen LogP contribution in [0.15, 0.2) is 41.4 Å². The van der Waals surface area contributed by atoms with Crippen LogP contribution in [0.5, 0.6) is 0 Å². The first-order valence-corrected chi connectivity index (χ1v) is 2.98. The van der Waals surface area contributed by atoms with Gasteiger partial charge in [0, 0.05) is 6.21 Å². The molecule has 0 fully saturated rings. The molecular weight excluding hydrogens is 110 g/mol. The topological polar surface area (TPSA) is 12.4 Å². The van der Waals surface area contributed by atoms with E-state index in [1.807, 2.05) is 36.5 Å². The maximum Gasteiger partial charge on any atom is 0.0573 e. The fraction of sp³-hybridized carbons (Fsp3) is 0.125. The van der Waals surface area contributed by atoms with Crippen molar-refractivity contribution in [2.75, 3.05) is 6.54 Å². The van der Waals surface area contributed by atoms with Gasteiger partial charge in [0.1, 0.15) is 0 Å². The van der Waals surface area contributed by atoms with Crippen molar-refractivity contribution in [3.63, 3.8) is 0 Å². The molecular formula is C8H9N. The third kappa shape index (κ3) is 2.65. The Labute approximate surface area is 55.1 Å². The molecule has 1 nitrogen and oxygen atoms in total. The van der Waals surface area contributed by atoms with Crippen LogP contribution in [0.3, 0.4) is 0 Å². The predicted molar refractivity (Wildman–Crippen MR) is 40.8 cm³/mol. The van der Waals surface area contributed by atoms with Gasteiger partial charge in [-0.3, -0.25) is 4.99 Å². The molecule has 46 valence electrons. The first-order chi connectivity index (χ1) is 4.50. The van der Waals surface area contributed by atoms with Crippen molar-refractivity contribution in [2.24, 2.45) is 4.99 Å². The van der Waals surface area contributed by atoms with Gasteiger partial charge in [0.2, 0.25) is 0 Å². The zero-order chi connectivity index (χ0) is 6.36. The Balaban J connectivity index is 2.60. The average molecular weight is 119 g/mol. The smallest absolute Gasteiger partial charge is 0.0573 e. The van der Waals surface area contributed by atoms with Crippen LogP contribution < -0.4 is 0 Å². The maximum atomic E-state index is 4.05. The monoisotopic (exact) mass is 119 g/mol. The van der Waals surface area contributed by atoms with Crippen molar-refractivity contribution < 1.29 is 0 Å². The van der Waals surface area contributed by atoms with Gasteiger partial charge in [0.25, 0.3) is 0 Å². The molecule has 1 heterocycles. The van der Waals surface area contributed by atoms with Crippen LogP contribution >= 0.6 is 0 Å². The zero-order valence-electron chi connectivity index (χ0n) is 5.20. The summed E-state index contributed by atoms with van der Waals surface area (Å²) >= 11 is 0. The van der Waals surface area contributed by atoms with Gasteiger partial charge in [-0.2, -0.15) is 0 Å². The maximum absolute atomic E-state index is 4.05. The lowest BCUT2D eigenvalue weighted by molar-refractivity contribution is 1.26. The van der Waals surface area contributed by atoms with Crippen LogP contribution in [0.2, 0.25) is 0 Å². The van der Waals surface area contributed by atoms with E-state index in [1.54, 1.807) is 6.21 Å². The van der Waals surface area contributed by atoms with Crippen LogP contribution in [0.25, 0.3) is 0 Å². The molecule has 0 bridgehead atoms. The van der Waals surface area contributed by atoms with E-state index in [0.29, 0.717) is 0 Å². The molecule has 0 amide bonds. The second kappa shape index (κ2) is 3.84. The summed E-state index contributed by atoms with van der Waals surface area (Å²) in [6, 6.07) is 0. The number of rotatable bonds is 0. The highest BCUT2D eigenvalue weighted by atomic mass is 14.7. The minimum atomic E-state index is 0.786. The summed E-state index contributed by atoms with van der Waals surface area (Å²) in [5.41, 5.74) is 0. The molecule has 0 aliphatic carbocycles. The molecule has 0 aromatic rings. The molecule has 1 aliphatic heterocycles. The molecule has 0 saturated heterocycles. The van der Waals surface area contributed by atoms with E-state index in [0.717, 1.165) is 6.54 Å². The Morgan fingerprint density at radius 2 is 1.67 bits per heavy atom. The van der Waals surface area contributed by atoms with Crippen molar-refractivity contribution in [3.05, 3.63) is 36.5 Å². The standard InChI is InChI=1S/C8H9N/c1-2-4-6-8-9-7-5-3-1/h1-7H,8H2/b2-1-,5-3-,6-4?,9-7?. The molecule has 0 aromatic heterocycles. The van der Waals surface area contributed by atoms with E-state index in [1.165, 1.54) is 0 Å². The van der Waals surface area contributed by atoms with Crippen molar-refractivity contribution in [1.82, 2.24) is 0 Å². The molecule has 0 saturated carbocycles. The van der Waals surface area contributed by atoms with Crippen LogP contribution in [0.4, 0.5) is 0 Å². The summed E-state index contributed by atoms with van der Waals surface area (Å²) in [6.07, 6.45) is 13.7. The summed E-state index contributed by atoms with van der Waals surface area (Å²) in [5.74, 6) is 0. The fourth-order valence-corrected chi connectivity index (χ4v) is 0.564. The third-order valence-electron chi connectivity index (χ3n) is 0.983. The average Bonchev–Trinajstić information content (AvgIpc) is 2.00. The van der Waals surface area contributed by atoms with E-state index in [2.05, 4.69) is 4.99 Å². The van der Waals surface area contributed by atoms with Gasteiger partial charge in [0.15, 0.2) is 0 Å². The summed E-state index contributed by atoms with van der Waals surface area (Å²) in [7, 11) is 0. The number of aliphatic imine (C=N–C) groups is 1. The van der Waals surface area contributed by atoms with E-state index < -0.39 is 0 Å². The van der Waals surface area contributed by atoms with Crippen molar-refractivity contribution in [2.45, 2.75) is 0 Å². The Bertz CT molecular complexity index is 153. The number of hydrogen-bond acceptors (Lipinski definition) is 1. The van der Waals surface area contributed by atoms with Crippen LogP contribution in [0.1, 0.15) is 0 Å². The van der Waals surface area contributed by atoms with Crippen LogP contribution in [0, 0.1) is 0 Å². The van der Waals surface area contributed by atoms with E-state index in [9.17, 15) is 0 Å². The molecule has 1 aliphatic rings. The highest BCUT2D eigenvalue weighted by Crippen LogP contribution is 1.83. The minimum Gasteiger partial charge on any atom is -0.289 e. The Morgan fingerprint density at radius 3 is 2.67 bits per heavy atom. The van der Waals surface area contributed by atoms with Gasteiger partial charge in [-0.05, 0) is 6.08 Å². The molecule has 0 spiro atoms. The van der Waals surface area contributed by atoms with Crippen LogP contribution in [-0.2, 0) is 0 Å². The molecule has 1 heteroatoms. The van der Waals surface area contributed by atoms with Gasteiger partial charge < -0.3 is 0 Å². The number of hydrogen-bond donors (Lipinski definition) is 0. The molecule has 0 atom stereocenters. The summed E-state index contributed by atoms with van der Waals surface area (Å²) in [5, 5.41) is 0. The largest absolute Gasteiger partial charge is 0.289 e. The Morgan fingerprint density at radius 1 is 0.889 bits per heavy atom. The molecule has 0 aromatic carbocycles. The molecule has 1 rings (SSSR count). The number of nitrogens with zero attached hydrogens (tertiary/aromatic N) is 1. The molecule has 0 N–H and O–H groups in total. The minimum absolute atomic E-state index is 0.786. The molecule has 9 heavy (non-hydrogen) atoms. The normalized spacial score (nSPS) is 24.0. The van der Waals surface area contributed by atoms with Crippen molar-refractivity contribution in [3.8, 4) is 0 Å². The first kappa shape index (κ1) is 6.02. The summed E-state index contributed by atoms with van der Waals surface area (Å²) < 4.78 is 0. The Hall–Kier alpha value is -1.11. The summed E-state index contributed by atoms with van der Waals surface area (Å²) in [4.78, 5) is 4.05. The molecule has 0 unspecified atom stereocenters. The van der Waals surface area contributed by atoms with Gasteiger partial charge in [-0.25, -0.2) is 0 Å². The quantitative estimate of drug-likeness (QED) is 0.460. The van der Waals surface area contributed by atoms with E-state index >= 15 is 0 Å². The fourth-order valence-electron chi connectivity index (χ4n) is 0.564. The third-order valence-corrected chi connectivity index (χ3v) is 0.983. The lowest BCUT2D eigenvalue weighted by Gasteiger charge is -1.75. The highest BCUT2D eigenvalue weighted by Gasteiger charge is 1.70. The second-order valence-corrected chi connectivity index (χ2v) is 1.71. The molecule has 0 radical (unpaired) electrons. The van der Waals surface area contributed by atoms with Gasteiger partial charge in [0.05, 0.1) is 6.54 Å². The van der Waals surface area contributed by atoms with E-state index in [4.69, 9.17) is 0 Å². The number of allylic oxidation sites excluding steroid dienone is 5. The van der Waals surface area contributed by atoms with Gasteiger partial charge in [-0.1, -0.05) is 30.4 Å².